The van der Waals surface area contributed by atoms with Gasteiger partial charge in [-0.1, -0.05) is 36.7 Å². The Labute approximate surface area is 176 Å². The van der Waals surface area contributed by atoms with E-state index in [0.717, 1.165) is 57.3 Å². The molecule has 29 heavy (non-hydrogen) atoms. The first kappa shape index (κ1) is 21.8. The van der Waals surface area contributed by atoms with E-state index in [1.165, 1.54) is 16.8 Å². The molecule has 1 aromatic carbocycles. The second kappa shape index (κ2) is 9.77. The van der Waals surface area contributed by atoms with Crippen LogP contribution in [0, 0.1) is 13.8 Å². The first-order valence-corrected chi connectivity index (χ1v) is 11.1. The van der Waals surface area contributed by atoms with Crippen LogP contribution in [0.3, 0.4) is 0 Å². The summed E-state index contributed by atoms with van der Waals surface area (Å²) >= 11 is 0. The fourth-order valence-corrected chi connectivity index (χ4v) is 4.04. The van der Waals surface area contributed by atoms with E-state index in [2.05, 4.69) is 85.7 Å². The van der Waals surface area contributed by atoms with Gasteiger partial charge in [0.1, 0.15) is 0 Å². The van der Waals surface area contributed by atoms with E-state index in [9.17, 15) is 0 Å². The molecule has 1 aromatic heterocycles. The van der Waals surface area contributed by atoms with Crippen LogP contribution >= 0.6 is 0 Å². The fraction of sp³-hybridized carbons (Fsp3) is 0.625. The van der Waals surface area contributed by atoms with Gasteiger partial charge < -0.3 is 9.42 Å². The Morgan fingerprint density at radius 2 is 1.76 bits per heavy atom. The van der Waals surface area contributed by atoms with Crippen LogP contribution in [0.4, 0.5) is 5.69 Å². The van der Waals surface area contributed by atoms with E-state index in [1.54, 1.807) is 0 Å². The molecule has 0 N–H and O–H groups in total. The zero-order valence-corrected chi connectivity index (χ0v) is 19.1. The zero-order chi connectivity index (χ0) is 21.0. The van der Waals surface area contributed by atoms with Crippen LogP contribution in [-0.2, 0) is 6.54 Å². The number of hydrogen-bond acceptors (Lipinski definition) is 5. The van der Waals surface area contributed by atoms with Gasteiger partial charge in [-0.25, -0.2) is 0 Å². The minimum absolute atomic E-state index is 0.411. The molecule has 0 saturated carbocycles. The van der Waals surface area contributed by atoms with Gasteiger partial charge in [-0.05, 0) is 45.2 Å². The van der Waals surface area contributed by atoms with Crippen LogP contribution in [0.1, 0.15) is 56.2 Å². The van der Waals surface area contributed by atoms with Crippen molar-refractivity contribution in [2.24, 2.45) is 0 Å². The second-order valence-corrected chi connectivity index (χ2v) is 9.06. The van der Waals surface area contributed by atoms with Crippen molar-refractivity contribution >= 4 is 5.69 Å². The predicted molar refractivity (Wildman–Crippen MR) is 121 cm³/mol. The van der Waals surface area contributed by atoms with Gasteiger partial charge in [-0.3, -0.25) is 9.80 Å². The Kier molecular flexibility index (Phi) is 7.36. The maximum atomic E-state index is 5.57. The minimum Gasteiger partial charge on any atom is -0.369 e. The van der Waals surface area contributed by atoms with Crippen molar-refractivity contribution in [1.29, 1.82) is 0 Å². The molecule has 0 radical (unpaired) electrons. The second-order valence-electron chi connectivity index (χ2n) is 9.06. The zero-order valence-electron chi connectivity index (χ0n) is 19.1. The average Bonchev–Trinajstić information content (AvgIpc) is 3.14. The van der Waals surface area contributed by atoms with Gasteiger partial charge in [0.05, 0.1) is 12.2 Å². The molecule has 160 valence electrons. The van der Waals surface area contributed by atoms with Gasteiger partial charge in [0, 0.05) is 57.1 Å². The maximum Gasteiger partial charge on any atom is 0.150 e. The number of aryl methyl sites for hydroxylation is 2. The van der Waals surface area contributed by atoms with Gasteiger partial charge in [0.15, 0.2) is 5.76 Å². The summed E-state index contributed by atoms with van der Waals surface area (Å²) in [6, 6.07) is 9.39. The van der Waals surface area contributed by atoms with Gasteiger partial charge in [-0.15, -0.1) is 0 Å². The third kappa shape index (κ3) is 5.83. The van der Waals surface area contributed by atoms with Gasteiger partial charge in [0.25, 0.3) is 0 Å². The summed E-state index contributed by atoms with van der Waals surface area (Å²) in [6.45, 7) is 20.7. The number of rotatable bonds is 8. The number of piperazine rings is 1. The molecular weight excluding hydrogens is 360 g/mol. The van der Waals surface area contributed by atoms with Crippen molar-refractivity contribution in [3.63, 3.8) is 0 Å². The lowest BCUT2D eigenvalue weighted by atomic mass is 10.1. The number of hydrogen-bond donors (Lipinski definition) is 0. The largest absolute Gasteiger partial charge is 0.369 e. The van der Waals surface area contributed by atoms with Crippen LogP contribution in [0.15, 0.2) is 28.8 Å². The molecule has 1 aliphatic rings. The summed E-state index contributed by atoms with van der Waals surface area (Å²) in [4.78, 5) is 7.61. The highest BCUT2D eigenvalue weighted by atomic mass is 16.5. The van der Waals surface area contributed by atoms with Crippen LogP contribution in [0.5, 0.6) is 0 Å². The lowest BCUT2D eigenvalue weighted by Crippen LogP contribution is -2.49. The summed E-state index contributed by atoms with van der Waals surface area (Å²) in [5.41, 5.74) is 5.17. The molecule has 0 bridgehead atoms. The van der Waals surface area contributed by atoms with E-state index < -0.39 is 0 Å². The highest BCUT2D eigenvalue weighted by Crippen LogP contribution is 2.22. The standard InChI is InChI=1S/C24H38N4O/c1-18(2)23-16-22(29-25-23)17-28(19(3)4)14-11-26-9-12-27(13-10-26)24-8-7-20(5)15-21(24)6/h7-8,15-16,18-19H,9-14,17H2,1-6H3. The SMILES string of the molecule is Cc1ccc(N2CCN(CCN(Cc3cc(C(C)C)no3)C(C)C)CC2)c(C)c1. The Morgan fingerprint density at radius 3 is 2.34 bits per heavy atom. The average molecular weight is 399 g/mol. The molecule has 0 atom stereocenters. The topological polar surface area (TPSA) is 35.8 Å². The number of anilines is 1. The van der Waals surface area contributed by atoms with Crippen molar-refractivity contribution < 1.29 is 4.52 Å². The minimum atomic E-state index is 0.411. The predicted octanol–water partition coefficient (Wildman–Crippen LogP) is 4.45. The third-order valence-electron chi connectivity index (χ3n) is 6.03. The highest BCUT2D eigenvalue weighted by molar-refractivity contribution is 5.54. The Balaban J connectivity index is 1.49. The molecule has 0 amide bonds. The van der Waals surface area contributed by atoms with Gasteiger partial charge in [0.2, 0.25) is 0 Å². The lowest BCUT2D eigenvalue weighted by molar-refractivity contribution is 0.151. The molecule has 1 fully saturated rings. The Bertz CT molecular complexity index is 775. The van der Waals surface area contributed by atoms with E-state index in [0.29, 0.717) is 12.0 Å². The molecule has 2 aromatic rings. The van der Waals surface area contributed by atoms with Crippen molar-refractivity contribution in [2.45, 2.75) is 60.0 Å². The maximum absolute atomic E-state index is 5.57. The number of aromatic nitrogens is 1. The molecule has 0 spiro atoms. The van der Waals surface area contributed by atoms with Gasteiger partial charge in [-0.2, -0.15) is 0 Å². The first-order chi connectivity index (χ1) is 13.8. The summed E-state index contributed by atoms with van der Waals surface area (Å²) in [7, 11) is 0. The first-order valence-electron chi connectivity index (χ1n) is 11.1. The van der Waals surface area contributed by atoms with Crippen LogP contribution in [0.25, 0.3) is 0 Å². The molecule has 1 aliphatic heterocycles. The van der Waals surface area contributed by atoms with Crippen molar-refractivity contribution in [3.05, 3.63) is 46.8 Å². The van der Waals surface area contributed by atoms with E-state index >= 15 is 0 Å². The molecule has 5 nitrogen and oxygen atoms in total. The molecule has 2 heterocycles. The number of nitrogens with zero attached hydrogens (tertiary/aromatic N) is 4. The van der Waals surface area contributed by atoms with Crippen LogP contribution in [-0.4, -0.2) is 60.3 Å². The smallest absolute Gasteiger partial charge is 0.150 e. The number of benzene rings is 1. The van der Waals surface area contributed by atoms with Gasteiger partial charge >= 0.3 is 0 Å². The summed E-state index contributed by atoms with van der Waals surface area (Å²) in [5, 5.41) is 4.21. The van der Waals surface area contributed by atoms with Crippen molar-refractivity contribution in [2.75, 3.05) is 44.2 Å². The van der Waals surface area contributed by atoms with E-state index in [1.807, 2.05) is 0 Å². The highest BCUT2D eigenvalue weighted by Gasteiger charge is 2.20. The molecule has 0 unspecified atom stereocenters. The molecular formula is C24H38N4O. The Morgan fingerprint density at radius 1 is 1.03 bits per heavy atom. The van der Waals surface area contributed by atoms with E-state index in [-0.39, 0.29) is 0 Å². The van der Waals surface area contributed by atoms with E-state index in [4.69, 9.17) is 4.52 Å². The molecule has 5 heteroatoms. The quantitative estimate of drug-likeness (QED) is 0.657. The molecule has 1 saturated heterocycles. The van der Waals surface area contributed by atoms with Crippen LogP contribution in [0.2, 0.25) is 0 Å². The summed E-state index contributed by atoms with van der Waals surface area (Å²) < 4.78 is 5.57. The van der Waals surface area contributed by atoms with Crippen LogP contribution < -0.4 is 4.90 Å². The monoisotopic (exact) mass is 398 g/mol. The molecule has 3 rings (SSSR count). The Hall–Kier alpha value is -1.85. The normalized spacial score (nSPS) is 15.8. The summed E-state index contributed by atoms with van der Waals surface area (Å²) in [5.74, 6) is 1.38. The van der Waals surface area contributed by atoms with Crippen molar-refractivity contribution in [3.8, 4) is 0 Å². The van der Waals surface area contributed by atoms with Crippen molar-refractivity contribution in [1.82, 2.24) is 15.0 Å². The fourth-order valence-electron chi connectivity index (χ4n) is 4.04. The molecule has 0 aliphatic carbocycles. The summed E-state index contributed by atoms with van der Waals surface area (Å²) in [6.07, 6.45) is 0. The lowest BCUT2D eigenvalue weighted by Gasteiger charge is -2.38. The third-order valence-corrected chi connectivity index (χ3v) is 6.03.